The maximum atomic E-state index is 12.1. The van der Waals surface area contributed by atoms with Crippen molar-refractivity contribution in [1.29, 1.82) is 0 Å². The van der Waals surface area contributed by atoms with E-state index < -0.39 is 0 Å². The molecule has 5 heteroatoms. The van der Waals surface area contributed by atoms with Crippen LogP contribution in [0.2, 0.25) is 0 Å². The molecule has 1 aromatic carbocycles. The lowest BCUT2D eigenvalue weighted by atomic mass is 9.85. The molecule has 1 heterocycles. The summed E-state index contributed by atoms with van der Waals surface area (Å²) in [5.41, 5.74) is 2.33. The number of nitrogens with one attached hydrogen (secondary N) is 1. The number of aromatic nitrogens is 2. The number of hydrogen-bond donors (Lipinski definition) is 1. The molecule has 1 aliphatic carbocycles. The van der Waals surface area contributed by atoms with Crippen LogP contribution < -0.4 is 10.2 Å². The van der Waals surface area contributed by atoms with Crippen molar-refractivity contribution in [3.05, 3.63) is 42.1 Å². The van der Waals surface area contributed by atoms with Gasteiger partial charge < -0.3 is 10.2 Å². The Morgan fingerprint density at radius 3 is 2.59 bits per heavy atom. The minimum Gasteiger partial charge on any atom is -0.378 e. The topological polar surface area (TPSA) is 50.2 Å². The Balaban J connectivity index is 1.67. The Labute approximate surface area is 130 Å². The van der Waals surface area contributed by atoms with Gasteiger partial charge in [-0.3, -0.25) is 4.79 Å². The summed E-state index contributed by atoms with van der Waals surface area (Å²) in [5, 5.41) is 7.31. The van der Waals surface area contributed by atoms with E-state index in [0.717, 1.165) is 30.6 Å². The number of hydrogen-bond acceptors (Lipinski definition) is 3. The van der Waals surface area contributed by atoms with Crippen LogP contribution in [0.25, 0.3) is 0 Å². The summed E-state index contributed by atoms with van der Waals surface area (Å²) in [5.74, 6) is 1.08. The van der Waals surface area contributed by atoms with Crippen molar-refractivity contribution in [2.24, 2.45) is 5.92 Å². The van der Waals surface area contributed by atoms with Crippen LogP contribution in [0.1, 0.15) is 24.8 Å². The molecule has 1 saturated carbocycles. The molecule has 1 N–H and O–H groups in total. The molecular weight excluding hydrogens is 276 g/mol. The van der Waals surface area contributed by atoms with Gasteiger partial charge in [0.05, 0.1) is 12.7 Å². The number of carbonyl (C=O) groups is 1. The number of nitrogens with zero attached hydrogens (tertiary/aromatic N) is 3. The molecule has 1 aromatic heterocycles. The highest BCUT2D eigenvalue weighted by molar-refractivity contribution is 5.92. The van der Waals surface area contributed by atoms with Crippen molar-refractivity contribution in [3.8, 4) is 0 Å². The van der Waals surface area contributed by atoms with Crippen LogP contribution >= 0.6 is 0 Å². The van der Waals surface area contributed by atoms with Gasteiger partial charge in [-0.2, -0.15) is 5.10 Å². The third-order valence-electron chi connectivity index (χ3n) is 4.23. The van der Waals surface area contributed by atoms with Gasteiger partial charge in [0, 0.05) is 31.8 Å². The molecule has 0 saturated heterocycles. The molecule has 0 spiro atoms. The zero-order valence-electron chi connectivity index (χ0n) is 13.1. The second kappa shape index (κ2) is 6.22. The fourth-order valence-corrected chi connectivity index (χ4v) is 2.54. The lowest BCUT2D eigenvalue weighted by Gasteiger charge is -2.24. The minimum atomic E-state index is 0.121. The summed E-state index contributed by atoms with van der Waals surface area (Å²) in [7, 11) is 4.05. The van der Waals surface area contributed by atoms with E-state index in [1.54, 1.807) is 6.20 Å². The lowest BCUT2D eigenvalue weighted by Crippen LogP contribution is -2.29. The Morgan fingerprint density at radius 2 is 2.00 bits per heavy atom. The Morgan fingerprint density at radius 1 is 1.27 bits per heavy atom. The van der Waals surface area contributed by atoms with Crippen LogP contribution in [0, 0.1) is 5.92 Å². The second-order valence-corrected chi connectivity index (χ2v) is 6.05. The molecule has 22 heavy (non-hydrogen) atoms. The van der Waals surface area contributed by atoms with Gasteiger partial charge in [0.15, 0.2) is 0 Å². The molecule has 0 unspecified atom stereocenters. The maximum absolute atomic E-state index is 12.1. The molecule has 116 valence electrons. The van der Waals surface area contributed by atoms with Crippen molar-refractivity contribution in [3.63, 3.8) is 0 Å². The molecule has 3 rings (SSSR count). The molecule has 0 bridgehead atoms. The predicted octanol–water partition coefficient (Wildman–Crippen LogP) is 2.74. The fraction of sp³-hybridized carbons (Fsp3) is 0.412. The zero-order chi connectivity index (χ0) is 15.5. The van der Waals surface area contributed by atoms with Crippen molar-refractivity contribution < 1.29 is 4.79 Å². The molecular formula is C17H22N4O. The summed E-state index contributed by atoms with van der Waals surface area (Å²) in [6.45, 7) is 0.654. The Kier molecular flexibility index (Phi) is 4.13. The van der Waals surface area contributed by atoms with E-state index in [4.69, 9.17) is 0 Å². The molecule has 0 aliphatic heterocycles. The highest BCUT2D eigenvalue weighted by Gasteiger charge is 2.25. The smallest absolute Gasteiger partial charge is 0.228 e. The first kappa shape index (κ1) is 14.6. The van der Waals surface area contributed by atoms with Crippen molar-refractivity contribution in [2.45, 2.75) is 25.8 Å². The molecule has 1 aliphatic rings. The van der Waals surface area contributed by atoms with Gasteiger partial charge in [0.1, 0.15) is 5.82 Å². The first-order valence-electron chi connectivity index (χ1n) is 7.72. The minimum absolute atomic E-state index is 0.121. The third kappa shape index (κ3) is 3.13. The largest absolute Gasteiger partial charge is 0.378 e. The van der Waals surface area contributed by atoms with E-state index in [9.17, 15) is 4.79 Å². The molecule has 1 fully saturated rings. The van der Waals surface area contributed by atoms with Gasteiger partial charge in [-0.25, -0.2) is 4.68 Å². The van der Waals surface area contributed by atoms with Crippen molar-refractivity contribution in [1.82, 2.24) is 9.78 Å². The third-order valence-corrected chi connectivity index (χ3v) is 4.23. The molecule has 5 nitrogen and oxygen atoms in total. The molecule has 0 atom stereocenters. The monoisotopic (exact) mass is 298 g/mol. The number of carbonyl (C=O) groups excluding carboxylic acids is 1. The van der Waals surface area contributed by atoms with Gasteiger partial charge in [-0.05, 0) is 30.5 Å². The summed E-state index contributed by atoms with van der Waals surface area (Å²) >= 11 is 0. The first-order valence-corrected chi connectivity index (χ1v) is 7.72. The predicted molar refractivity (Wildman–Crippen MR) is 88.1 cm³/mol. The van der Waals surface area contributed by atoms with Crippen LogP contribution in [0.5, 0.6) is 0 Å². The van der Waals surface area contributed by atoms with Crippen LogP contribution in [0.3, 0.4) is 0 Å². The van der Waals surface area contributed by atoms with Crippen molar-refractivity contribution >= 4 is 17.4 Å². The normalized spacial score (nSPS) is 14.5. The molecule has 2 aromatic rings. The van der Waals surface area contributed by atoms with Gasteiger partial charge in [0.2, 0.25) is 5.91 Å². The number of rotatable bonds is 5. The van der Waals surface area contributed by atoms with E-state index in [1.165, 1.54) is 5.69 Å². The van der Waals surface area contributed by atoms with E-state index in [-0.39, 0.29) is 11.8 Å². The summed E-state index contributed by atoms with van der Waals surface area (Å²) in [4.78, 5) is 14.1. The van der Waals surface area contributed by atoms with E-state index >= 15 is 0 Å². The van der Waals surface area contributed by atoms with Crippen LogP contribution in [-0.2, 0) is 11.3 Å². The van der Waals surface area contributed by atoms with Gasteiger partial charge in [-0.1, -0.05) is 18.6 Å². The summed E-state index contributed by atoms with van der Waals surface area (Å²) < 4.78 is 1.83. The Bertz CT molecular complexity index is 641. The van der Waals surface area contributed by atoms with Gasteiger partial charge in [-0.15, -0.1) is 0 Å². The quantitative estimate of drug-likeness (QED) is 0.923. The average molecular weight is 298 g/mol. The number of amides is 1. The highest BCUT2D eigenvalue weighted by Crippen LogP contribution is 2.27. The maximum Gasteiger partial charge on any atom is 0.228 e. The van der Waals surface area contributed by atoms with Gasteiger partial charge in [0.25, 0.3) is 0 Å². The van der Waals surface area contributed by atoms with Crippen LogP contribution in [0.15, 0.2) is 36.5 Å². The second-order valence-electron chi connectivity index (χ2n) is 6.05. The summed E-state index contributed by atoms with van der Waals surface area (Å²) in [6, 6.07) is 10.2. The Hall–Kier alpha value is -2.30. The summed E-state index contributed by atoms with van der Waals surface area (Å²) in [6.07, 6.45) is 4.90. The number of anilines is 2. The van der Waals surface area contributed by atoms with Gasteiger partial charge >= 0.3 is 0 Å². The standard InChI is InChI=1S/C17H22N4O/c1-20(2)15-8-6-13(7-9-15)12-21-16(10-11-18-21)19-17(22)14-4-3-5-14/h6-11,14H,3-5,12H2,1-2H3,(H,19,22). The fourth-order valence-electron chi connectivity index (χ4n) is 2.54. The van der Waals surface area contributed by atoms with E-state index in [1.807, 2.05) is 24.8 Å². The van der Waals surface area contributed by atoms with E-state index in [2.05, 4.69) is 39.6 Å². The van der Waals surface area contributed by atoms with Crippen LogP contribution in [-0.4, -0.2) is 29.8 Å². The van der Waals surface area contributed by atoms with Crippen molar-refractivity contribution in [2.75, 3.05) is 24.3 Å². The molecule has 1 amide bonds. The van der Waals surface area contributed by atoms with Crippen LogP contribution in [0.4, 0.5) is 11.5 Å². The SMILES string of the molecule is CN(C)c1ccc(Cn2nccc2NC(=O)C2CCC2)cc1. The first-order chi connectivity index (χ1) is 10.6. The lowest BCUT2D eigenvalue weighted by molar-refractivity contribution is -0.122. The van der Waals surface area contributed by atoms with E-state index in [0.29, 0.717) is 6.54 Å². The highest BCUT2D eigenvalue weighted by atomic mass is 16.2. The molecule has 0 radical (unpaired) electrons. The zero-order valence-corrected chi connectivity index (χ0v) is 13.1. The number of benzene rings is 1. The average Bonchev–Trinajstić information content (AvgIpc) is 2.84.